The highest BCUT2D eigenvalue weighted by Crippen LogP contribution is 2.39. The third-order valence-corrected chi connectivity index (χ3v) is 4.82. The van der Waals surface area contributed by atoms with E-state index in [0.717, 1.165) is 6.42 Å². The molecule has 4 nitrogen and oxygen atoms in total. The number of hydrogen-bond acceptors (Lipinski definition) is 3. The Morgan fingerprint density at radius 3 is 2.70 bits per heavy atom. The SMILES string of the molecule is C[C@@H](NC(=O)[C@@H]1C[C@H]1COc1ccc(F)cc1)c1cc2cc(F)ccc2o1. The van der Waals surface area contributed by atoms with Gasteiger partial charge in [-0.25, -0.2) is 8.78 Å². The van der Waals surface area contributed by atoms with E-state index in [1.54, 1.807) is 24.3 Å². The number of rotatable bonds is 6. The second-order valence-corrected chi connectivity index (χ2v) is 6.93. The zero-order valence-corrected chi connectivity index (χ0v) is 14.7. The molecule has 3 aromatic rings. The fraction of sp³-hybridized carbons (Fsp3) is 0.286. The van der Waals surface area contributed by atoms with Crippen molar-refractivity contribution in [2.75, 3.05) is 6.61 Å². The lowest BCUT2D eigenvalue weighted by molar-refractivity contribution is -0.123. The molecule has 2 aromatic carbocycles. The molecule has 3 atom stereocenters. The minimum absolute atomic E-state index is 0.0538. The first kappa shape index (κ1) is 17.5. The van der Waals surface area contributed by atoms with Crippen LogP contribution < -0.4 is 10.1 Å². The number of carbonyl (C=O) groups excluding carboxylic acids is 1. The topological polar surface area (TPSA) is 51.5 Å². The first-order chi connectivity index (χ1) is 13.0. The maximum atomic E-state index is 13.3. The van der Waals surface area contributed by atoms with Crippen LogP contribution in [0.15, 0.2) is 52.9 Å². The molecule has 1 heterocycles. The van der Waals surface area contributed by atoms with E-state index in [9.17, 15) is 13.6 Å². The van der Waals surface area contributed by atoms with Gasteiger partial charge in [-0.1, -0.05) is 0 Å². The summed E-state index contributed by atoms with van der Waals surface area (Å²) in [5, 5.41) is 3.61. The monoisotopic (exact) mass is 371 g/mol. The molecule has 0 saturated heterocycles. The minimum Gasteiger partial charge on any atom is -0.493 e. The van der Waals surface area contributed by atoms with Crippen LogP contribution >= 0.6 is 0 Å². The second-order valence-electron chi connectivity index (χ2n) is 6.93. The smallest absolute Gasteiger partial charge is 0.224 e. The molecule has 1 N–H and O–H groups in total. The van der Waals surface area contributed by atoms with Crippen LogP contribution in [0.4, 0.5) is 8.78 Å². The fourth-order valence-electron chi connectivity index (χ4n) is 3.13. The van der Waals surface area contributed by atoms with Gasteiger partial charge in [-0.3, -0.25) is 4.79 Å². The van der Waals surface area contributed by atoms with Crippen molar-refractivity contribution in [1.29, 1.82) is 0 Å². The van der Waals surface area contributed by atoms with Gasteiger partial charge in [0.1, 0.15) is 28.7 Å². The summed E-state index contributed by atoms with van der Waals surface area (Å²) in [4.78, 5) is 12.4. The van der Waals surface area contributed by atoms with Crippen molar-refractivity contribution in [2.45, 2.75) is 19.4 Å². The Bertz CT molecular complexity index is 967. The summed E-state index contributed by atoms with van der Waals surface area (Å²) >= 11 is 0. The number of hydrogen-bond donors (Lipinski definition) is 1. The summed E-state index contributed by atoms with van der Waals surface area (Å²) < 4.78 is 37.5. The Kier molecular flexibility index (Phi) is 4.56. The van der Waals surface area contributed by atoms with E-state index < -0.39 is 0 Å². The largest absolute Gasteiger partial charge is 0.493 e. The van der Waals surface area contributed by atoms with Crippen molar-refractivity contribution in [2.24, 2.45) is 11.8 Å². The Labute approximate surface area is 155 Å². The maximum Gasteiger partial charge on any atom is 0.224 e. The van der Waals surface area contributed by atoms with Gasteiger partial charge in [0.15, 0.2) is 0 Å². The van der Waals surface area contributed by atoms with Gasteiger partial charge in [-0.2, -0.15) is 0 Å². The van der Waals surface area contributed by atoms with Crippen LogP contribution in [0.5, 0.6) is 5.75 Å². The van der Waals surface area contributed by atoms with Crippen molar-refractivity contribution in [1.82, 2.24) is 5.32 Å². The Morgan fingerprint density at radius 2 is 1.93 bits per heavy atom. The molecule has 6 heteroatoms. The molecule has 1 aliphatic rings. The van der Waals surface area contributed by atoms with Gasteiger partial charge in [0.05, 0.1) is 12.6 Å². The quantitative estimate of drug-likeness (QED) is 0.689. The lowest BCUT2D eigenvalue weighted by atomic mass is 10.2. The zero-order valence-electron chi connectivity index (χ0n) is 14.7. The molecule has 1 saturated carbocycles. The molecule has 0 aliphatic heterocycles. The predicted molar refractivity (Wildman–Crippen MR) is 96.2 cm³/mol. The summed E-state index contributed by atoms with van der Waals surface area (Å²) in [6, 6.07) is 11.6. The zero-order chi connectivity index (χ0) is 19.0. The summed E-state index contributed by atoms with van der Waals surface area (Å²) in [5.41, 5.74) is 0.587. The fourth-order valence-corrected chi connectivity index (χ4v) is 3.13. The molecule has 0 radical (unpaired) electrons. The molecule has 27 heavy (non-hydrogen) atoms. The molecule has 0 spiro atoms. The minimum atomic E-state index is -0.325. The van der Waals surface area contributed by atoms with Crippen molar-refractivity contribution in [3.63, 3.8) is 0 Å². The summed E-state index contributed by atoms with van der Waals surface area (Å²) in [6.07, 6.45) is 0.755. The number of furan rings is 1. The Morgan fingerprint density at radius 1 is 1.19 bits per heavy atom. The average molecular weight is 371 g/mol. The predicted octanol–water partition coefficient (Wildman–Crippen LogP) is 4.60. The van der Waals surface area contributed by atoms with Crippen LogP contribution in [-0.2, 0) is 4.79 Å². The highest BCUT2D eigenvalue weighted by Gasteiger charge is 2.43. The van der Waals surface area contributed by atoms with Gasteiger partial charge in [-0.05, 0) is 61.9 Å². The summed E-state index contributed by atoms with van der Waals surface area (Å²) in [6.45, 7) is 2.25. The van der Waals surface area contributed by atoms with Gasteiger partial charge < -0.3 is 14.5 Å². The van der Waals surface area contributed by atoms with Crippen LogP contribution in [0.25, 0.3) is 11.0 Å². The molecule has 4 rings (SSSR count). The molecule has 0 bridgehead atoms. The standard InChI is InChI=1S/C21H19F2NO3/c1-12(20-10-13-8-16(23)4-7-19(13)27-20)24-21(25)18-9-14(18)11-26-17-5-2-15(22)3-6-17/h2-8,10,12,14,18H,9,11H2,1H3,(H,24,25)/t12-,14+,18-/m1/s1. The number of halogens is 2. The van der Waals surface area contributed by atoms with E-state index in [1.165, 1.54) is 24.3 Å². The van der Waals surface area contributed by atoms with Crippen molar-refractivity contribution in [3.8, 4) is 5.75 Å². The molecule has 0 unspecified atom stereocenters. The van der Waals surface area contributed by atoms with Crippen molar-refractivity contribution in [3.05, 3.63) is 65.9 Å². The third kappa shape index (κ3) is 3.94. The normalized spacial score (nSPS) is 19.7. The molecule has 1 aromatic heterocycles. The molecular weight excluding hydrogens is 352 g/mol. The molecule has 1 aliphatic carbocycles. The number of nitrogens with one attached hydrogen (secondary N) is 1. The lowest BCUT2D eigenvalue weighted by Crippen LogP contribution is -2.28. The van der Waals surface area contributed by atoms with Gasteiger partial charge >= 0.3 is 0 Å². The van der Waals surface area contributed by atoms with Gasteiger partial charge in [0.25, 0.3) is 0 Å². The Hall–Kier alpha value is -2.89. The Balaban J connectivity index is 1.30. The van der Waals surface area contributed by atoms with Crippen molar-refractivity contribution < 1.29 is 22.7 Å². The van der Waals surface area contributed by atoms with Crippen LogP contribution in [0, 0.1) is 23.5 Å². The molecule has 140 valence electrons. The summed E-state index contributed by atoms with van der Waals surface area (Å²) in [7, 11) is 0. The van der Waals surface area contributed by atoms with Gasteiger partial charge in [0.2, 0.25) is 5.91 Å². The van der Waals surface area contributed by atoms with E-state index >= 15 is 0 Å². The summed E-state index contributed by atoms with van der Waals surface area (Å²) in [5.74, 6) is 0.527. The van der Waals surface area contributed by atoms with E-state index in [1.807, 2.05) is 6.92 Å². The first-order valence-corrected chi connectivity index (χ1v) is 8.87. The number of fused-ring (bicyclic) bond motifs is 1. The highest BCUT2D eigenvalue weighted by molar-refractivity contribution is 5.82. The first-order valence-electron chi connectivity index (χ1n) is 8.87. The number of carbonyl (C=O) groups is 1. The second kappa shape index (κ2) is 7.02. The van der Waals surface area contributed by atoms with E-state index in [-0.39, 0.29) is 35.4 Å². The average Bonchev–Trinajstić information content (AvgIpc) is 3.31. The van der Waals surface area contributed by atoms with Crippen LogP contribution in [0.3, 0.4) is 0 Å². The number of ether oxygens (including phenoxy) is 1. The van der Waals surface area contributed by atoms with E-state index in [0.29, 0.717) is 29.1 Å². The number of amides is 1. The van der Waals surface area contributed by atoms with Crippen LogP contribution in [0.2, 0.25) is 0 Å². The van der Waals surface area contributed by atoms with Gasteiger partial charge in [0, 0.05) is 17.2 Å². The molecule has 1 amide bonds. The van der Waals surface area contributed by atoms with Crippen molar-refractivity contribution >= 4 is 16.9 Å². The number of benzene rings is 2. The van der Waals surface area contributed by atoms with Crippen LogP contribution in [0.1, 0.15) is 25.1 Å². The van der Waals surface area contributed by atoms with Crippen LogP contribution in [-0.4, -0.2) is 12.5 Å². The van der Waals surface area contributed by atoms with Gasteiger partial charge in [-0.15, -0.1) is 0 Å². The highest BCUT2D eigenvalue weighted by atomic mass is 19.1. The lowest BCUT2D eigenvalue weighted by Gasteiger charge is -2.11. The maximum absolute atomic E-state index is 13.3. The molecular formula is C21H19F2NO3. The van der Waals surface area contributed by atoms with E-state index in [2.05, 4.69) is 5.32 Å². The van der Waals surface area contributed by atoms with E-state index in [4.69, 9.17) is 9.15 Å². The molecule has 1 fully saturated rings. The third-order valence-electron chi connectivity index (χ3n) is 4.82.